The fourth-order valence-corrected chi connectivity index (χ4v) is 6.19. The largest absolute Gasteiger partial charge is 0.494 e. The third kappa shape index (κ3) is 3.71. The average molecular weight is 445 g/mol. The number of carbonyl (C=O) groups excluding carboxylic acids is 2. The SMILES string of the molecule is CCOc1ccc(C2(C(=O)N[C@H]3C(=O)N4C(C(=O)O)=C(C)CS[C@H]34)CCCCC2)cc1. The molecule has 1 saturated carbocycles. The first kappa shape index (κ1) is 21.7. The van der Waals surface area contributed by atoms with Gasteiger partial charge in [0.25, 0.3) is 5.91 Å². The third-order valence-electron chi connectivity index (χ3n) is 6.51. The molecular weight excluding hydrogens is 416 g/mol. The van der Waals surface area contributed by atoms with Crippen molar-refractivity contribution in [3.63, 3.8) is 0 Å². The maximum atomic E-state index is 13.6. The van der Waals surface area contributed by atoms with Crippen molar-refractivity contribution >= 4 is 29.5 Å². The van der Waals surface area contributed by atoms with Crippen LogP contribution in [0, 0.1) is 0 Å². The van der Waals surface area contributed by atoms with Crippen LogP contribution < -0.4 is 10.1 Å². The summed E-state index contributed by atoms with van der Waals surface area (Å²) in [7, 11) is 0. The number of hydrogen-bond donors (Lipinski definition) is 2. The number of carbonyl (C=O) groups is 3. The molecule has 4 rings (SSSR count). The number of carboxylic acids is 1. The van der Waals surface area contributed by atoms with Crippen LogP contribution in [-0.2, 0) is 19.8 Å². The number of amides is 2. The fraction of sp³-hybridized carbons (Fsp3) is 0.522. The van der Waals surface area contributed by atoms with E-state index < -0.39 is 17.4 Å². The number of benzene rings is 1. The molecule has 0 bridgehead atoms. The van der Waals surface area contributed by atoms with Gasteiger partial charge in [0.2, 0.25) is 5.91 Å². The Labute approximate surface area is 186 Å². The number of nitrogens with zero attached hydrogens (tertiary/aromatic N) is 1. The maximum Gasteiger partial charge on any atom is 0.352 e. The Morgan fingerprint density at radius 2 is 1.90 bits per heavy atom. The molecule has 0 radical (unpaired) electrons. The summed E-state index contributed by atoms with van der Waals surface area (Å²) in [5.41, 5.74) is 0.989. The molecule has 1 aromatic carbocycles. The third-order valence-corrected chi connectivity index (χ3v) is 7.93. The van der Waals surface area contributed by atoms with E-state index in [1.54, 1.807) is 6.92 Å². The highest BCUT2D eigenvalue weighted by molar-refractivity contribution is 8.00. The number of aliphatic carboxylic acids is 1. The molecule has 0 spiro atoms. The molecule has 7 nitrogen and oxygen atoms in total. The van der Waals surface area contributed by atoms with Crippen LogP contribution in [0.5, 0.6) is 5.75 Å². The second-order valence-corrected chi connectivity index (χ2v) is 9.50. The smallest absolute Gasteiger partial charge is 0.352 e. The van der Waals surface area contributed by atoms with Crippen molar-refractivity contribution in [2.45, 2.75) is 62.8 Å². The van der Waals surface area contributed by atoms with Gasteiger partial charge in [-0.15, -0.1) is 11.8 Å². The molecule has 2 aliphatic heterocycles. The van der Waals surface area contributed by atoms with Crippen LogP contribution in [0.2, 0.25) is 0 Å². The summed E-state index contributed by atoms with van der Waals surface area (Å²) in [5, 5.41) is 12.1. The van der Waals surface area contributed by atoms with Crippen LogP contribution in [-0.4, -0.2) is 51.6 Å². The Hall–Kier alpha value is -2.48. The first-order chi connectivity index (χ1) is 14.9. The maximum absolute atomic E-state index is 13.6. The molecule has 1 aromatic rings. The summed E-state index contributed by atoms with van der Waals surface area (Å²) in [6, 6.07) is 7.00. The minimum Gasteiger partial charge on any atom is -0.494 e. The van der Waals surface area contributed by atoms with Gasteiger partial charge in [-0.3, -0.25) is 14.5 Å². The Balaban J connectivity index is 1.56. The Morgan fingerprint density at radius 1 is 1.23 bits per heavy atom. The van der Waals surface area contributed by atoms with E-state index in [0.717, 1.165) is 43.4 Å². The molecule has 2 N–H and O–H groups in total. The molecular formula is C23H28N2O5S. The van der Waals surface area contributed by atoms with Gasteiger partial charge >= 0.3 is 5.97 Å². The van der Waals surface area contributed by atoms with Crippen molar-refractivity contribution in [2.75, 3.05) is 12.4 Å². The summed E-state index contributed by atoms with van der Waals surface area (Å²) in [6.45, 7) is 4.24. The Morgan fingerprint density at radius 3 is 2.52 bits per heavy atom. The monoisotopic (exact) mass is 444 g/mol. The first-order valence-electron chi connectivity index (χ1n) is 10.8. The molecule has 31 heavy (non-hydrogen) atoms. The van der Waals surface area contributed by atoms with Crippen molar-refractivity contribution in [2.24, 2.45) is 0 Å². The molecule has 0 unspecified atom stereocenters. The molecule has 166 valence electrons. The standard InChI is InChI=1S/C23H28N2O5S/c1-3-30-16-9-7-15(8-10-16)23(11-5-4-6-12-23)22(29)24-17-19(26)25-18(21(27)28)14(2)13-31-20(17)25/h7-10,17,20H,3-6,11-13H2,1-2H3,(H,24,29)(H,27,28)/t17-,20+/m0/s1. The zero-order valence-corrected chi connectivity index (χ0v) is 18.7. The van der Waals surface area contributed by atoms with E-state index in [1.165, 1.54) is 16.7 Å². The number of carboxylic acid groups (broad SMARTS) is 1. The van der Waals surface area contributed by atoms with Crippen molar-refractivity contribution in [3.8, 4) is 5.75 Å². The van der Waals surface area contributed by atoms with Gasteiger partial charge in [0.15, 0.2) is 0 Å². The fourth-order valence-electron chi connectivity index (χ4n) is 4.89. The number of rotatable bonds is 6. The predicted molar refractivity (Wildman–Crippen MR) is 118 cm³/mol. The van der Waals surface area contributed by atoms with E-state index in [2.05, 4.69) is 5.32 Å². The van der Waals surface area contributed by atoms with Crippen molar-refractivity contribution in [1.82, 2.24) is 10.2 Å². The van der Waals surface area contributed by atoms with Gasteiger partial charge in [-0.25, -0.2) is 4.79 Å². The highest BCUT2D eigenvalue weighted by Gasteiger charge is 2.55. The van der Waals surface area contributed by atoms with Crippen LogP contribution in [0.4, 0.5) is 0 Å². The number of hydrogen-bond acceptors (Lipinski definition) is 5. The zero-order valence-electron chi connectivity index (χ0n) is 17.8. The lowest BCUT2D eigenvalue weighted by atomic mass is 9.68. The van der Waals surface area contributed by atoms with E-state index in [4.69, 9.17) is 4.74 Å². The van der Waals surface area contributed by atoms with Gasteiger partial charge < -0.3 is 15.2 Å². The first-order valence-corrected chi connectivity index (χ1v) is 11.9. The van der Waals surface area contributed by atoms with Gasteiger partial charge in [0.05, 0.1) is 12.0 Å². The highest BCUT2D eigenvalue weighted by Crippen LogP contribution is 2.43. The van der Waals surface area contributed by atoms with E-state index in [0.29, 0.717) is 17.9 Å². The van der Waals surface area contributed by atoms with Crippen molar-refractivity contribution in [1.29, 1.82) is 0 Å². The van der Waals surface area contributed by atoms with Crippen LogP contribution >= 0.6 is 11.8 Å². The lowest BCUT2D eigenvalue weighted by Gasteiger charge is -2.50. The number of nitrogens with one attached hydrogen (secondary N) is 1. The van der Waals surface area contributed by atoms with E-state index in [-0.39, 0.29) is 22.9 Å². The molecule has 2 heterocycles. The molecule has 2 amide bonds. The molecule has 1 aliphatic carbocycles. The second kappa shape index (κ2) is 8.57. The summed E-state index contributed by atoms with van der Waals surface area (Å²) >= 11 is 1.50. The number of ether oxygens (including phenoxy) is 1. The molecule has 0 aromatic heterocycles. The predicted octanol–water partition coefficient (Wildman–Crippen LogP) is 3.05. The van der Waals surface area contributed by atoms with E-state index >= 15 is 0 Å². The Bertz CT molecular complexity index is 920. The summed E-state index contributed by atoms with van der Waals surface area (Å²) in [5.74, 6) is -0.284. The highest BCUT2D eigenvalue weighted by atomic mass is 32.2. The van der Waals surface area contributed by atoms with E-state index in [9.17, 15) is 19.5 Å². The number of fused-ring (bicyclic) bond motifs is 1. The van der Waals surface area contributed by atoms with Crippen LogP contribution in [0.3, 0.4) is 0 Å². The van der Waals surface area contributed by atoms with Gasteiger partial charge in [-0.2, -0.15) is 0 Å². The van der Waals surface area contributed by atoms with Crippen LogP contribution in [0.1, 0.15) is 51.5 Å². The van der Waals surface area contributed by atoms with Crippen molar-refractivity contribution in [3.05, 3.63) is 41.1 Å². The van der Waals surface area contributed by atoms with Crippen LogP contribution in [0.25, 0.3) is 0 Å². The zero-order chi connectivity index (χ0) is 22.2. The molecule has 8 heteroatoms. The minimum absolute atomic E-state index is 0.0538. The Kier molecular flexibility index (Phi) is 6.01. The van der Waals surface area contributed by atoms with Crippen molar-refractivity contribution < 1.29 is 24.2 Å². The lowest BCUT2D eigenvalue weighted by Crippen LogP contribution is -2.71. The quantitative estimate of drug-likeness (QED) is 0.655. The van der Waals surface area contributed by atoms with E-state index in [1.807, 2.05) is 31.2 Å². The van der Waals surface area contributed by atoms with Gasteiger partial charge in [-0.1, -0.05) is 31.4 Å². The summed E-state index contributed by atoms with van der Waals surface area (Å²) in [6.07, 6.45) is 4.46. The molecule has 1 saturated heterocycles. The van der Waals surface area contributed by atoms with Gasteiger partial charge in [0.1, 0.15) is 22.9 Å². The summed E-state index contributed by atoms with van der Waals surface area (Å²) in [4.78, 5) is 39.3. The number of β-lactam (4-membered cyclic amide) rings is 1. The number of thioether (sulfide) groups is 1. The molecule has 2 atom stereocenters. The van der Waals surface area contributed by atoms with Gasteiger partial charge in [0, 0.05) is 5.75 Å². The minimum atomic E-state index is -1.10. The normalized spacial score (nSPS) is 24.8. The summed E-state index contributed by atoms with van der Waals surface area (Å²) < 4.78 is 5.54. The second-order valence-electron chi connectivity index (χ2n) is 8.40. The molecule has 3 aliphatic rings. The lowest BCUT2D eigenvalue weighted by molar-refractivity contribution is -0.151. The topological polar surface area (TPSA) is 95.9 Å². The van der Waals surface area contributed by atoms with Gasteiger partial charge in [-0.05, 0) is 50.0 Å². The average Bonchev–Trinajstić information content (AvgIpc) is 2.78. The molecule has 2 fully saturated rings. The van der Waals surface area contributed by atoms with Crippen LogP contribution in [0.15, 0.2) is 35.5 Å².